The fourth-order valence-electron chi connectivity index (χ4n) is 2.93. The lowest BCUT2D eigenvalue weighted by atomic mass is 10.2. The third kappa shape index (κ3) is 3.73. The Bertz CT molecular complexity index is 698. The largest absolute Gasteiger partial charge is 0.337 e. The molecule has 1 aliphatic heterocycles. The van der Waals surface area contributed by atoms with Gasteiger partial charge in [0.1, 0.15) is 17.8 Å². The first-order valence-corrected chi connectivity index (χ1v) is 7.90. The number of urea groups is 1. The van der Waals surface area contributed by atoms with Crippen LogP contribution in [0, 0.1) is 0 Å². The molecule has 2 atom stereocenters. The number of carbonyl (C=O) groups is 1. The first-order chi connectivity index (χ1) is 11.5. The van der Waals surface area contributed by atoms with Crippen molar-refractivity contribution in [2.24, 2.45) is 14.1 Å². The lowest BCUT2D eigenvalue weighted by Gasteiger charge is -2.24. The summed E-state index contributed by atoms with van der Waals surface area (Å²) in [4.78, 5) is 18.3. The molecule has 0 bridgehead atoms. The smallest absolute Gasteiger partial charge is 0.320 e. The van der Waals surface area contributed by atoms with Crippen LogP contribution in [0.25, 0.3) is 0 Å². The van der Waals surface area contributed by atoms with Gasteiger partial charge in [0.15, 0.2) is 0 Å². The normalized spacial score (nSPS) is 21.1. The third-order valence-electron chi connectivity index (χ3n) is 4.30. The molecular weight excluding hydrogens is 313 g/mol. The van der Waals surface area contributed by atoms with Crippen LogP contribution < -0.4 is 10.6 Å². The van der Waals surface area contributed by atoms with Gasteiger partial charge in [0, 0.05) is 51.7 Å². The number of hydrogen-bond donors (Lipinski definition) is 2. The number of likely N-dealkylation sites (tertiary alicyclic amines) is 1. The standard InChI is InChI=1S/C15H22FN7O/c1-21-6-5-17-14(21)10-23-9-11(16)7-12(23)8-18-15(24)20-13-3-4-19-22(13)2/h3-6,11-12H,7-10H2,1-2H3,(H2,18,20,24)/t11-,12-/m0/s1. The second kappa shape index (κ2) is 7.00. The highest BCUT2D eigenvalue weighted by molar-refractivity contribution is 5.88. The van der Waals surface area contributed by atoms with Gasteiger partial charge in [-0.15, -0.1) is 0 Å². The summed E-state index contributed by atoms with van der Waals surface area (Å²) in [6.07, 6.45) is 4.74. The molecule has 0 saturated carbocycles. The zero-order chi connectivity index (χ0) is 17.1. The number of aryl methyl sites for hydroxylation is 2. The van der Waals surface area contributed by atoms with Crippen LogP contribution in [0.2, 0.25) is 0 Å². The predicted octanol–water partition coefficient (Wildman–Crippen LogP) is 0.888. The van der Waals surface area contributed by atoms with Gasteiger partial charge < -0.3 is 9.88 Å². The summed E-state index contributed by atoms with van der Waals surface area (Å²) in [5.41, 5.74) is 0. The van der Waals surface area contributed by atoms with Crippen molar-refractivity contribution in [3.63, 3.8) is 0 Å². The molecule has 8 nitrogen and oxygen atoms in total. The fourth-order valence-corrected chi connectivity index (χ4v) is 2.93. The molecule has 2 aromatic heterocycles. The second-order valence-electron chi connectivity index (χ2n) is 6.05. The summed E-state index contributed by atoms with van der Waals surface area (Å²) in [6, 6.07) is 1.34. The number of hydrogen-bond acceptors (Lipinski definition) is 4. The number of carbonyl (C=O) groups excluding carboxylic acids is 1. The van der Waals surface area contributed by atoms with Gasteiger partial charge in [-0.2, -0.15) is 5.10 Å². The number of amides is 2. The van der Waals surface area contributed by atoms with Crippen molar-refractivity contribution < 1.29 is 9.18 Å². The number of nitrogens with one attached hydrogen (secondary N) is 2. The highest BCUT2D eigenvalue weighted by Crippen LogP contribution is 2.21. The Kier molecular flexibility index (Phi) is 4.79. The summed E-state index contributed by atoms with van der Waals surface area (Å²) in [5.74, 6) is 1.49. The minimum Gasteiger partial charge on any atom is -0.337 e. The van der Waals surface area contributed by atoms with Crippen LogP contribution in [-0.4, -0.2) is 55.6 Å². The van der Waals surface area contributed by atoms with E-state index in [1.165, 1.54) is 0 Å². The van der Waals surface area contributed by atoms with Gasteiger partial charge in [-0.1, -0.05) is 0 Å². The van der Waals surface area contributed by atoms with Crippen molar-refractivity contribution in [3.8, 4) is 0 Å². The number of aromatic nitrogens is 4. The molecule has 3 rings (SSSR count). The van der Waals surface area contributed by atoms with Crippen LogP contribution >= 0.6 is 0 Å². The van der Waals surface area contributed by atoms with E-state index in [4.69, 9.17) is 0 Å². The molecule has 9 heteroatoms. The summed E-state index contributed by atoms with van der Waals surface area (Å²) < 4.78 is 17.3. The van der Waals surface area contributed by atoms with E-state index in [-0.39, 0.29) is 12.1 Å². The van der Waals surface area contributed by atoms with E-state index < -0.39 is 6.17 Å². The average Bonchev–Trinajstić information content (AvgIpc) is 3.21. The summed E-state index contributed by atoms with van der Waals surface area (Å²) in [5, 5.41) is 9.51. The Morgan fingerprint density at radius 2 is 2.25 bits per heavy atom. The number of nitrogens with zero attached hydrogens (tertiary/aromatic N) is 5. The SMILES string of the molecule is Cn1ccnc1CN1C[C@@H](F)C[C@H]1CNC(=O)Nc1ccnn1C. The van der Waals surface area contributed by atoms with Crippen LogP contribution in [0.3, 0.4) is 0 Å². The minimum atomic E-state index is -0.878. The summed E-state index contributed by atoms with van der Waals surface area (Å²) in [7, 11) is 3.66. The van der Waals surface area contributed by atoms with Gasteiger partial charge >= 0.3 is 6.03 Å². The topological polar surface area (TPSA) is 80.0 Å². The van der Waals surface area contributed by atoms with Crippen LogP contribution in [0.4, 0.5) is 15.0 Å². The summed E-state index contributed by atoms with van der Waals surface area (Å²) in [6.45, 7) is 1.32. The maximum absolute atomic E-state index is 13.8. The quantitative estimate of drug-likeness (QED) is 0.850. The lowest BCUT2D eigenvalue weighted by Crippen LogP contribution is -2.41. The maximum Gasteiger partial charge on any atom is 0.320 e. The molecule has 0 spiro atoms. The third-order valence-corrected chi connectivity index (χ3v) is 4.30. The summed E-state index contributed by atoms with van der Waals surface area (Å²) >= 11 is 0. The highest BCUT2D eigenvalue weighted by Gasteiger charge is 2.32. The van der Waals surface area contributed by atoms with Crippen molar-refractivity contribution in [1.82, 2.24) is 29.5 Å². The molecule has 2 aromatic rings. The maximum atomic E-state index is 13.8. The van der Waals surface area contributed by atoms with Crippen molar-refractivity contribution in [3.05, 3.63) is 30.5 Å². The second-order valence-corrected chi connectivity index (χ2v) is 6.05. The first kappa shape index (κ1) is 16.4. The highest BCUT2D eigenvalue weighted by atomic mass is 19.1. The molecule has 0 aromatic carbocycles. The van der Waals surface area contributed by atoms with Crippen LogP contribution in [0.1, 0.15) is 12.2 Å². The van der Waals surface area contributed by atoms with Gasteiger partial charge in [0.05, 0.1) is 12.7 Å². The van der Waals surface area contributed by atoms with Crippen LogP contribution in [-0.2, 0) is 20.6 Å². The molecule has 130 valence electrons. The molecule has 0 aliphatic carbocycles. The van der Waals surface area contributed by atoms with E-state index in [1.54, 1.807) is 30.2 Å². The molecular formula is C15H22FN7O. The molecule has 2 N–H and O–H groups in total. The Hall–Kier alpha value is -2.42. The Morgan fingerprint density at radius 3 is 2.92 bits per heavy atom. The van der Waals surface area contributed by atoms with Crippen LogP contribution in [0.5, 0.6) is 0 Å². The molecule has 24 heavy (non-hydrogen) atoms. The zero-order valence-electron chi connectivity index (χ0n) is 13.8. The van der Waals surface area contributed by atoms with Crippen molar-refractivity contribution >= 4 is 11.8 Å². The van der Waals surface area contributed by atoms with E-state index in [2.05, 4.69) is 20.7 Å². The lowest BCUT2D eigenvalue weighted by molar-refractivity contribution is 0.218. The van der Waals surface area contributed by atoms with Gasteiger partial charge in [-0.3, -0.25) is 14.9 Å². The molecule has 1 saturated heterocycles. The number of anilines is 1. The molecule has 0 unspecified atom stereocenters. The number of halogens is 1. The zero-order valence-corrected chi connectivity index (χ0v) is 13.8. The van der Waals surface area contributed by atoms with Crippen molar-refractivity contribution in [2.45, 2.75) is 25.2 Å². The first-order valence-electron chi connectivity index (χ1n) is 7.90. The van der Waals surface area contributed by atoms with E-state index in [9.17, 15) is 9.18 Å². The molecule has 1 fully saturated rings. The Morgan fingerprint density at radius 1 is 1.42 bits per heavy atom. The molecule has 1 aliphatic rings. The monoisotopic (exact) mass is 335 g/mol. The van der Waals surface area contributed by atoms with Gasteiger partial charge in [0.2, 0.25) is 0 Å². The van der Waals surface area contributed by atoms with Gasteiger partial charge in [-0.05, 0) is 6.42 Å². The number of rotatable bonds is 5. The average molecular weight is 335 g/mol. The minimum absolute atomic E-state index is 0.0472. The van der Waals surface area contributed by atoms with Crippen LogP contribution in [0.15, 0.2) is 24.7 Å². The van der Waals surface area contributed by atoms with E-state index >= 15 is 0 Å². The van der Waals surface area contributed by atoms with Crippen molar-refractivity contribution in [2.75, 3.05) is 18.4 Å². The number of alkyl halides is 1. The number of imidazole rings is 1. The Labute approximate surface area is 139 Å². The molecule has 2 amide bonds. The predicted molar refractivity (Wildman–Crippen MR) is 87.1 cm³/mol. The molecule has 3 heterocycles. The van der Waals surface area contributed by atoms with E-state index in [0.29, 0.717) is 31.9 Å². The molecule has 0 radical (unpaired) electrons. The Balaban J connectivity index is 1.53. The van der Waals surface area contributed by atoms with E-state index in [0.717, 1.165) is 5.82 Å². The van der Waals surface area contributed by atoms with E-state index in [1.807, 2.05) is 22.7 Å². The van der Waals surface area contributed by atoms with Gasteiger partial charge in [-0.25, -0.2) is 14.2 Å². The fraction of sp³-hybridized carbons (Fsp3) is 0.533. The van der Waals surface area contributed by atoms with Gasteiger partial charge in [0.25, 0.3) is 0 Å². The van der Waals surface area contributed by atoms with Crippen molar-refractivity contribution in [1.29, 1.82) is 0 Å².